The molecule has 7 heterocycles. The third-order valence-corrected chi connectivity index (χ3v) is 14.4. The first-order valence-electron chi connectivity index (χ1n) is 30.7. The van der Waals surface area contributed by atoms with Gasteiger partial charge in [-0.2, -0.15) is 34.9 Å². The highest BCUT2D eigenvalue weighted by molar-refractivity contribution is 6.31. The molecule has 14 aromatic rings. The molecule has 0 atom stereocenters. The molecule has 0 amide bonds. The van der Waals surface area contributed by atoms with Crippen molar-refractivity contribution in [1.82, 2.24) is 71.0 Å². The van der Waals surface area contributed by atoms with Crippen LogP contribution < -0.4 is 14.2 Å². The van der Waals surface area contributed by atoms with Crippen molar-refractivity contribution in [2.24, 2.45) is 0 Å². The lowest BCUT2D eigenvalue weighted by molar-refractivity contribution is 0.322. The van der Waals surface area contributed by atoms with E-state index in [1.54, 1.807) is 106 Å². The van der Waals surface area contributed by atoms with Crippen molar-refractivity contribution < 1.29 is 59.0 Å². The summed E-state index contributed by atoms with van der Waals surface area (Å²) >= 11 is 5.98. The second-order valence-electron chi connectivity index (χ2n) is 21.5. The van der Waals surface area contributed by atoms with E-state index in [-0.39, 0.29) is 17.3 Å². The third-order valence-electron chi connectivity index (χ3n) is 14.0. The van der Waals surface area contributed by atoms with Crippen molar-refractivity contribution in [3.63, 3.8) is 0 Å². The van der Waals surface area contributed by atoms with Crippen LogP contribution in [0, 0.1) is 101 Å². The Balaban J connectivity index is 0.000000149. The van der Waals surface area contributed by atoms with Gasteiger partial charge in [0.25, 0.3) is 0 Å². The fourth-order valence-corrected chi connectivity index (χ4v) is 9.23. The molecule has 0 saturated heterocycles. The summed E-state index contributed by atoms with van der Waals surface area (Å²) in [6, 6.07) is 41.3. The van der Waals surface area contributed by atoms with Crippen LogP contribution in [0.15, 0.2) is 171 Å². The lowest BCUT2D eigenvalue weighted by atomic mass is 10.1. The van der Waals surface area contributed by atoms with Crippen molar-refractivity contribution in [2.75, 3.05) is 20.8 Å². The number of ether oxygens (including phenoxy) is 3. The average Bonchev–Trinajstić information content (AvgIpc) is 1.64. The Kier molecular flexibility index (Phi) is 26.1. The van der Waals surface area contributed by atoms with Crippen molar-refractivity contribution in [2.45, 2.75) is 90.0 Å². The smallest absolute Gasteiger partial charge is 0.223 e. The fraction of sp³-hybridized carbons (Fsp3) is 0.222. The largest absolute Gasteiger partial charge is 0.496 e. The minimum Gasteiger partial charge on any atom is -0.496 e. The maximum Gasteiger partial charge on any atom is 0.223 e. The molecule has 24 nitrogen and oxygen atoms in total. The van der Waals surface area contributed by atoms with Crippen LogP contribution in [0.3, 0.4) is 0 Å². The summed E-state index contributed by atoms with van der Waals surface area (Å²) in [7, 11) is 3.01. The van der Waals surface area contributed by atoms with E-state index >= 15 is 0 Å². The molecule has 7 aromatic carbocycles. The summed E-state index contributed by atoms with van der Waals surface area (Å²) in [5.41, 5.74) is 10.5. The van der Waals surface area contributed by atoms with Crippen molar-refractivity contribution >= 4 is 11.6 Å². The summed E-state index contributed by atoms with van der Waals surface area (Å²) in [6.07, 6.45) is 0. The summed E-state index contributed by atoms with van der Waals surface area (Å²) in [6.45, 7) is 24.1. The Bertz CT molecular complexity index is 4810. The van der Waals surface area contributed by atoms with Crippen LogP contribution in [0.4, 0.5) is 13.2 Å². The number of hydrogen-bond donors (Lipinski definition) is 0. The molecule has 0 radical (unpaired) electrons. The number of rotatable bonds is 11. The zero-order valence-electron chi connectivity index (χ0n) is 57.3. The first-order chi connectivity index (χ1) is 48.0. The number of halogens is 4. The highest BCUT2D eigenvalue weighted by Gasteiger charge is 2.19. The number of hydrogen-bond acceptors (Lipinski definition) is 24. The Morgan fingerprint density at radius 1 is 0.330 bits per heavy atom. The van der Waals surface area contributed by atoms with E-state index in [4.69, 9.17) is 57.5 Å². The van der Waals surface area contributed by atoms with Gasteiger partial charge in [-0.3, -0.25) is 0 Å². The van der Waals surface area contributed by atoms with Crippen LogP contribution in [0.25, 0.3) is 79.7 Å². The van der Waals surface area contributed by atoms with Gasteiger partial charge in [0.05, 0.1) is 37.5 Å². The van der Waals surface area contributed by atoms with Crippen LogP contribution in [0.2, 0.25) is 5.02 Å². The second kappa shape index (κ2) is 35.3. The number of aromatic nitrogens is 14. The van der Waals surface area contributed by atoms with Crippen molar-refractivity contribution in [1.29, 1.82) is 0 Å². The minimum absolute atomic E-state index is 0.123. The van der Waals surface area contributed by atoms with Gasteiger partial charge in [0.1, 0.15) is 11.6 Å². The highest BCUT2D eigenvalue weighted by atomic mass is 35.5. The summed E-state index contributed by atoms with van der Waals surface area (Å²) in [5, 5.41) is 27.3. The number of methoxy groups -OCH3 is 2. The summed E-state index contributed by atoms with van der Waals surface area (Å²) < 4.78 is 89.6. The quantitative estimate of drug-likeness (QED) is 0.116. The standard InChI is InChI=1S/C11H11FN2O2.C11H12N2O.C10H9ClN2O.C10H9FN2O2.C10H9FN2O.C10H10N2O2.C10H10N2O/c1-3-15-10-8(5-4-6-9(10)12)11-13-7(2)16-14-11;1-7-4-5-8(2)10(6-7)11-12-9(3)14-13-11;1-6-8(4-3-5-9(6)11)10-12-7(2)14-13-10;1-6-12-10(13-15-6)7-4-3-5-8(11)9(7)14-2;1-6-8(4-3-5-9(6)11)10-12-7(2)14-13-10;1-7-11-10(12-14-7)8-5-3-4-6-9(8)13-2;1-7-5-3-4-6-9(7)10-11-8(2)13-12-10/h4-6H,3H2,1-2H3;4-6H,1-3H3;3-5H,1-2H3;3-5H,1-2H3;3-5H,1-2H3;3-6H,1-2H3;3-6H,1-2H3. The average molecular weight is 1380 g/mol. The number of nitrogens with zero attached hydrogens (tertiary/aromatic N) is 14. The first-order valence-corrected chi connectivity index (χ1v) is 31.1. The van der Waals surface area contributed by atoms with Gasteiger partial charge in [-0.25, -0.2) is 13.2 Å². The highest BCUT2D eigenvalue weighted by Crippen LogP contribution is 2.33. The molecule has 516 valence electrons. The first kappa shape index (κ1) is 73.8. The third kappa shape index (κ3) is 19.8. The molecule has 0 aliphatic carbocycles. The summed E-state index contributed by atoms with van der Waals surface area (Å²) in [4.78, 5) is 28.7. The van der Waals surface area contributed by atoms with Gasteiger partial charge >= 0.3 is 0 Å². The molecular formula is C72H70ClF3N14O10. The second-order valence-corrected chi connectivity index (χ2v) is 21.9. The Hall–Kier alpha value is -12.0. The van der Waals surface area contributed by atoms with E-state index in [0.717, 1.165) is 44.7 Å². The molecule has 0 unspecified atom stereocenters. The van der Waals surface area contributed by atoms with Gasteiger partial charge in [0, 0.05) is 75.7 Å². The molecule has 14 rings (SSSR count). The van der Waals surface area contributed by atoms with Gasteiger partial charge in [-0.15, -0.1) is 0 Å². The topological polar surface area (TPSA) is 300 Å². The molecule has 7 aromatic heterocycles. The molecule has 0 aliphatic heterocycles. The van der Waals surface area contributed by atoms with E-state index in [2.05, 4.69) is 96.1 Å². The Morgan fingerprint density at radius 3 is 1.10 bits per heavy atom. The lowest BCUT2D eigenvalue weighted by Gasteiger charge is -2.07. The van der Waals surface area contributed by atoms with Gasteiger partial charge < -0.3 is 45.9 Å². The minimum atomic E-state index is -0.447. The van der Waals surface area contributed by atoms with Crippen LogP contribution in [0.1, 0.15) is 76.0 Å². The molecule has 0 saturated carbocycles. The number of benzene rings is 7. The molecule has 100 heavy (non-hydrogen) atoms. The van der Waals surface area contributed by atoms with Crippen LogP contribution >= 0.6 is 11.6 Å². The zero-order valence-corrected chi connectivity index (χ0v) is 58.1. The summed E-state index contributed by atoms with van der Waals surface area (Å²) in [5.74, 6) is 7.08. The van der Waals surface area contributed by atoms with E-state index in [0.29, 0.717) is 116 Å². The molecule has 0 spiro atoms. The predicted octanol–water partition coefficient (Wildman–Crippen LogP) is 17.3. The van der Waals surface area contributed by atoms with E-state index < -0.39 is 11.6 Å². The molecule has 28 heteroatoms. The van der Waals surface area contributed by atoms with Gasteiger partial charge in [0.15, 0.2) is 23.1 Å². The van der Waals surface area contributed by atoms with Gasteiger partial charge in [-0.1, -0.05) is 138 Å². The molecule has 0 bridgehead atoms. The molecule has 0 N–H and O–H groups in total. The molecule has 0 fully saturated rings. The number of aryl methyl sites for hydroxylation is 10. The maximum absolute atomic E-state index is 13.5. The van der Waals surface area contributed by atoms with E-state index in [1.807, 2.05) is 87.5 Å². The van der Waals surface area contributed by atoms with Gasteiger partial charge in [-0.05, 0) is 118 Å². The maximum atomic E-state index is 13.5. The normalized spacial score (nSPS) is 10.4. The Labute approximate surface area is 577 Å². The van der Waals surface area contributed by atoms with Crippen molar-refractivity contribution in [3.05, 3.63) is 231 Å². The van der Waals surface area contributed by atoms with Crippen LogP contribution in [0.5, 0.6) is 17.2 Å². The molecule has 0 aliphatic rings. The predicted molar refractivity (Wildman–Crippen MR) is 364 cm³/mol. The SMILES string of the molecule is CCOc1c(F)cccc1-c1noc(C)n1.COc1c(F)cccc1-c1noc(C)n1.COc1ccccc1-c1noc(C)n1.Cc1ccc(C)c(-c2noc(C)n2)c1.Cc1nc(-c2cccc(Cl)c2C)no1.Cc1nc(-c2cccc(F)c2C)no1.Cc1nc(-c2ccccc2C)no1. The molecular weight excluding hydrogens is 1310 g/mol. The number of para-hydroxylation sites is 3. The van der Waals surface area contributed by atoms with Gasteiger partial charge in [0.2, 0.25) is 82.0 Å². The Morgan fingerprint density at radius 2 is 0.670 bits per heavy atom. The van der Waals surface area contributed by atoms with E-state index in [9.17, 15) is 13.2 Å². The van der Waals surface area contributed by atoms with Crippen LogP contribution in [-0.4, -0.2) is 91.8 Å². The van der Waals surface area contributed by atoms with E-state index in [1.165, 1.54) is 30.9 Å². The zero-order chi connectivity index (χ0) is 72.0. The van der Waals surface area contributed by atoms with Crippen molar-refractivity contribution in [3.8, 4) is 97.0 Å². The van der Waals surface area contributed by atoms with Crippen LogP contribution in [-0.2, 0) is 0 Å². The lowest BCUT2D eigenvalue weighted by Crippen LogP contribution is -1.97. The monoisotopic (exact) mass is 1380 g/mol. The fourth-order valence-electron chi connectivity index (χ4n) is 9.06.